The molecule has 0 radical (unpaired) electrons. The van der Waals surface area contributed by atoms with Gasteiger partial charge in [-0.15, -0.1) is 0 Å². The van der Waals surface area contributed by atoms with Crippen LogP contribution in [0, 0.1) is 25.2 Å². The van der Waals surface area contributed by atoms with Gasteiger partial charge in [-0.25, -0.2) is 4.98 Å². The zero-order chi connectivity index (χ0) is 16.3. The molecule has 0 atom stereocenters. The zero-order valence-corrected chi connectivity index (χ0v) is 13.2. The fourth-order valence-electron chi connectivity index (χ4n) is 2.07. The fraction of sp³-hybridized carbons (Fsp3) is 0.353. The minimum absolute atomic E-state index is 0.0895. The quantitative estimate of drug-likeness (QED) is 0.941. The maximum atomic E-state index is 12.0. The number of oxazole rings is 1. The number of nitriles is 1. The third-order valence-corrected chi connectivity index (χ3v) is 3.22. The van der Waals surface area contributed by atoms with Crippen LogP contribution in [0.2, 0.25) is 0 Å². The van der Waals surface area contributed by atoms with Gasteiger partial charge in [-0.2, -0.15) is 5.26 Å². The maximum absolute atomic E-state index is 12.0. The molecule has 0 aliphatic carbocycles. The topological polar surface area (TPSA) is 78.9 Å². The molecule has 5 heteroatoms. The lowest BCUT2D eigenvalue weighted by Gasteiger charge is -2.16. The number of carbonyl (C=O) groups excluding carboxylic acids is 1. The summed E-state index contributed by atoms with van der Waals surface area (Å²) in [5.74, 6) is 0.865. The van der Waals surface area contributed by atoms with Crippen LogP contribution in [0.25, 0.3) is 11.5 Å². The standard InChI is InChI=1S/C17H19N3O2/c1-11-6-5-7-13(8-11)16-19-14(12(2)22-16)9-15(21)20-17(3,4)10-18/h5-8H,9H2,1-4H3,(H,20,21). The minimum Gasteiger partial charge on any atom is -0.441 e. The van der Waals surface area contributed by atoms with Gasteiger partial charge in [-0.3, -0.25) is 4.79 Å². The van der Waals surface area contributed by atoms with Crippen LogP contribution in [0.1, 0.15) is 30.9 Å². The van der Waals surface area contributed by atoms with Crippen LogP contribution >= 0.6 is 0 Å². The SMILES string of the molecule is Cc1cccc(-c2nc(CC(=O)NC(C)(C)C#N)c(C)o2)c1. The second-order valence-corrected chi connectivity index (χ2v) is 5.85. The summed E-state index contributed by atoms with van der Waals surface area (Å²) in [7, 11) is 0. The molecule has 1 amide bonds. The number of nitrogens with zero attached hydrogens (tertiary/aromatic N) is 2. The summed E-state index contributed by atoms with van der Waals surface area (Å²) in [6.07, 6.45) is 0.0895. The van der Waals surface area contributed by atoms with Crippen molar-refractivity contribution in [2.45, 2.75) is 39.7 Å². The molecule has 0 bridgehead atoms. The highest BCUT2D eigenvalue weighted by molar-refractivity contribution is 5.79. The molecular formula is C17H19N3O2. The molecule has 1 heterocycles. The first-order valence-electron chi connectivity index (χ1n) is 7.06. The Labute approximate surface area is 130 Å². The molecule has 1 aromatic heterocycles. The van der Waals surface area contributed by atoms with Crippen molar-refractivity contribution in [3.05, 3.63) is 41.3 Å². The second kappa shape index (κ2) is 6.02. The number of amides is 1. The Morgan fingerprint density at radius 2 is 2.14 bits per heavy atom. The molecule has 0 fully saturated rings. The van der Waals surface area contributed by atoms with Gasteiger partial charge in [0.05, 0.1) is 18.2 Å². The van der Waals surface area contributed by atoms with E-state index in [1.54, 1.807) is 20.8 Å². The van der Waals surface area contributed by atoms with E-state index in [0.29, 0.717) is 17.3 Å². The van der Waals surface area contributed by atoms with E-state index >= 15 is 0 Å². The molecule has 2 aromatic rings. The Morgan fingerprint density at radius 1 is 1.41 bits per heavy atom. The Hall–Kier alpha value is -2.61. The normalized spacial score (nSPS) is 11.0. The molecule has 0 aliphatic rings. The van der Waals surface area contributed by atoms with Crippen molar-refractivity contribution < 1.29 is 9.21 Å². The van der Waals surface area contributed by atoms with E-state index in [1.165, 1.54) is 0 Å². The van der Waals surface area contributed by atoms with Crippen LogP contribution in [-0.4, -0.2) is 16.4 Å². The number of rotatable bonds is 4. The average Bonchev–Trinajstić information content (AvgIpc) is 2.79. The molecule has 1 aromatic carbocycles. The Bertz CT molecular complexity index is 739. The number of carbonyl (C=O) groups is 1. The summed E-state index contributed by atoms with van der Waals surface area (Å²) in [5, 5.41) is 11.6. The van der Waals surface area contributed by atoms with Gasteiger partial charge in [-0.05, 0) is 39.8 Å². The molecule has 1 N–H and O–H groups in total. The van der Waals surface area contributed by atoms with Gasteiger partial charge < -0.3 is 9.73 Å². The van der Waals surface area contributed by atoms with Crippen LogP contribution < -0.4 is 5.32 Å². The van der Waals surface area contributed by atoms with E-state index in [2.05, 4.69) is 10.3 Å². The molecule has 114 valence electrons. The van der Waals surface area contributed by atoms with Crippen molar-refractivity contribution in [1.82, 2.24) is 10.3 Å². The molecule has 0 saturated carbocycles. The molecule has 5 nitrogen and oxygen atoms in total. The maximum Gasteiger partial charge on any atom is 0.227 e. The summed E-state index contributed by atoms with van der Waals surface area (Å²) in [4.78, 5) is 16.4. The van der Waals surface area contributed by atoms with E-state index in [1.807, 2.05) is 37.3 Å². The van der Waals surface area contributed by atoms with Gasteiger partial charge in [-0.1, -0.05) is 17.7 Å². The smallest absolute Gasteiger partial charge is 0.227 e. The van der Waals surface area contributed by atoms with Gasteiger partial charge in [0.25, 0.3) is 0 Å². The lowest BCUT2D eigenvalue weighted by atomic mass is 10.1. The van der Waals surface area contributed by atoms with E-state index < -0.39 is 5.54 Å². The Balaban J connectivity index is 2.17. The lowest BCUT2D eigenvalue weighted by molar-refractivity contribution is -0.121. The van der Waals surface area contributed by atoms with Crippen molar-refractivity contribution in [3.63, 3.8) is 0 Å². The number of hydrogen-bond donors (Lipinski definition) is 1. The summed E-state index contributed by atoms with van der Waals surface area (Å²) in [6, 6.07) is 9.87. The minimum atomic E-state index is -0.895. The highest BCUT2D eigenvalue weighted by Gasteiger charge is 2.21. The molecule has 0 aliphatic heterocycles. The van der Waals surface area contributed by atoms with Crippen LogP contribution in [0.15, 0.2) is 28.7 Å². The van der Waals surface area contributed by atoms with Crippen LogP contribution in [0.3, 0.4) is 0 Å². The van der Waals surface area contributed by atoms with Crippen molar-refractivity contribution in [2.24, 2.45) is 0 Å². The van der Waals surface area contributed by atoms with Gasteiger partial charge >= 0.3 is 0 Å². The Kier molecular flexibility index (Phi) is 4.32. The number of benzene rings is 1. The predicted molar refractivity (Wildman–Crippen MR) is 83.0 cm³/mol. The monoisotopic (exact) mass is 297 g/mol. The third kappa shape index (κ3) is 3.73. The molecule has 0 spiro atoms. The first-order chi connectivity index (χ1) is 10.3. The zero-order valence-electron chi connectivity index (χ0n) is 13.2. The van der Waals surface area contributed by atoms with Crippen molar-refractivity contribution >= 4 is 5.91 Å². The van der Waals surface area contributed by atoms with Crippen LogP contribution in [-0.2, 0) is 11.2 Å². The number of hydrogen-bond acceptors (Lipinski definition) is 4. The van der Waals surface area contributed by atoms with E-state index in [4.69, 9.17) is 9.68 Å². The van der Waals surface area contributed by atoms with E-state index in [0.717, 1.165) is 11.1 Å². The molecule has 22 heavy (non-hydrogen) atoms. The van der Waals surface area contributed by atoms with Gasteiger partial charge in [0.15, 0.2) is 0 Å². The Morgan fingerprint density at radius 3 is 2.77 bits per heavy atom. The molecular weight excluding hydrogens is 278 g/mol. The molecule has 0 saturated heterocycles. The van der Waals surface area contributed by atoms with Gasteiger partial charge in [0, 0.05) is 5.56 Å². The highest BCUT2D eigenvalue weighted by Crippen LogP contribution is 2.22. The summed E-state index contributed by atoms with van der Waals surface area (Å²) < 4.78 is 5.66. The first-order valence-corrected chi connectivity index (χ1v) is 7.06. The molecule has 0 unspecified atom stereocenters. The van der Waals surface area contributed by atoms with Gasteiger partial charge in [0.1, 0.15) is 11.3 Å². The summed E-state index contributed by atoms with van der Waals surface area (Å²) >= 11 is 0. The fourth-order valence-corrected chi connectivity index (χ4v) is 2.07. The number of nitrogens with one attached hydrogen (secondary N) is 1. The van der Waals surface area contributed by atoms with Crippen LogP contribution in [0.5, 0.6) is 0 Å². The predicted octanol–water partition coefficient (Wildman–Crippen LogP) is 2.92. The molecule has 2 rings (SSSR count). The lowest BCUT2D eigenvalue weighted by Crippen LogP contribution is -2.42. The largest absolute Gasteiger partial charge is 0.441 e. The first kappa shape index (κ1) is 15.8. The van der Waals surface area contributed by atoms with Crippen molar-refractivity contribution in [3.8, 4) is 17.5 Å². The average molecular weight is 297 g/mol. The van der Waals surface area contributed by atoms with Crippen molar-refractivity contribution in [1.29, 1.82) is 5.26 Å². The second-order valence-electron chi connectivity index (χ2n) is 5.85. The summed E-state index contributed by atoms with van der Waals surface area (Å²) in [5.41, 5.74) is 1.69. The van der Waals surface area contributed by atoms with Gasteiger partial charge in [0.2, 0.25) is 11.8 Å². The number of aromatic nitrogens is 1. The third-order valence-electron chi connectivity index (χ3n) is 3.22. The van der Waals surface area contributed by atoms with Crippen molar-refractivity contribution in [2.75, 3.05) is 0 Å². The van der Waals surface area contributed by atoms with Crippen LogP contribution in [0.4, 0.5) is 0 Å². The van der Waals surface area contributed by atoms with E-state index in [9.17, 15) is 4.79 Å². The number of aryl methyl sites for hydroxylation is 2. The highest BCUT2D eigenvalue weighted by atomic mass is 16.4. The summed E-state index contributed by atoms with van der Waals surface area (Å²) in [6.45, 7) is 7.08. The van der Waals surface area contributed by atoms with E-state index in [-0.39, 0.29) is 12.3 Å².